The van der Waals surface area contributed by atoms with E-state index in [2.05, 4.69) is 43.2 Å². The lowest BCUT2D eigenvalue weighted by molar-refractivity contribution is -0.136. The minimum absolute atomic E-state index is 0.127. The van der Waals surface area contributed by atoms with Crippen molar-refractivity contribution in [2.75, 3.05) is 55.6 Å². The third kappa shape index (κ3) is 5.72. The Morgan fingerprint density at radius 3 is 2.31 bits per heavy atom. The number of fused-ring (bicyclic) bond motifs is 2. The van der Waals surface area contributed by atoms with Crippen molar-refractivity contribution in [2.45, 2.75) is 38.3 Å². The Hall–Kier alpha value is -5.03. The molecule has 4 aromatic rings. The fraction of sp³-hybridized carbons (Fsp3) is 0.378. The summed E-state index contributed by atoms with van der Waals surface area (Å²) in [6.45, 7) is 7.27. The number of piperidine rings is 2. The minimum Gasteiger partial charge on any atom is -0.371 e. The van der Waals surface area contributed by atoms with E-state index in [9.17, 15) is 19.2 Å². The molecule has 3 amide bonds. The van der Waals surface area contributed by atoms with Crippen molar-refractivity contribution >= 4 is 40.0 Å². The van der Waals surface area contributed by atoms with Crippen LogP contribution in [0.5, 0.6) is 0 Å². The van der Waals surface area contributed by atoms with Crippen LogP contribution in [0.2, 0.25) is 0 Å². The van der Waals surface area contributed by atoms with Crippen molar-refractivity contribution < 1.29 is 15.8 Å². The Morgan fingerprint density at radius 2 is 1.54 bits per heavy atom. The number of benzene rings is 3. The maximum Gasteiger partial charge on any atom is 0.265 e. The second-order valence-corrected chi connectivity index (χ2v) is 13.3. The predicted molar refractivity (Wildman–Crippen MR) is 183 cm³/mol. The summed E-state index contributed by atoms with van der Waals surface area (Å²) in [6.07, 6.45) is 4.38. The van der Waals surface area contributed by atoms with Crippen molar-refractivity contribution in [1.82, 2.24) is 24.7 Å². The third-order valence-corrected chi connectivity index (χ3v) is 10.5. The molecule has 1 aromatic heterocycles. The van der Waals surface area contributed by atoms with E-state index in [1.54, 1.807) is 29.4 Å². The van der Waals surface area contributed by atoms with Crippen LogP contribution in [-0.4, -0.2) is 88.9 Å². The minimum atomic E-state index is -0.593. The number of para-hydroxylation sites is 1. The Balaban J connectivity index is 0.824. The van der Waals surface area contributed by atoms with Crippen LogP contribution >= 0.6 is 0 Å². The first-order valence-corrected chi connectivity index (χ1v) is 16.9. The van der Waals surface area contributed by atoms with Crippen molar-refractivity contribution in [3.05, 3.63) is 94.5 Å². The van der Waals surface area contributed by atoms with Gasteiger partial charge in [-0.1, -0.05) is 18.2 Å². The van der Waals surface area contributed by atoms with Gasteiger partial charge in [-0.2, -0.15) is 0 Å². The molecule has 4 aliphatic rings. The van der Waals surface area contributed by atoms with Gasteiger partial charge in [-0.3, -0.25) is 34.0 Å². The number of nitrogens with one attached hydrogen (secondary N) is 1. The number of piperazine rings is 1. The number of hydrogen-bond acceptors (Lipinski definition) is 8. The van der Waals surface area contributed by atoms with E-state index < -0.39 is 6.04 Å². The van der Waals surface area contributed by atoms with Crippen LogP contribution in [0.1, 0.15) is 43.0 Å². The van der Waals surface area contributed by atoms with E-state index in [1.807, 2.05) is 24.3 Å². The number of rotatable bonds is 6. The molecule has 0 spiro atoms. The van der Waals surface area contributed by atoms with Gasteiger partial charge in [0, 0.05) is 75.7 Å². The summed E-state index contributed by atoms with van der Waals surface area (Å²) in [5, 5.41) is 2.82. The van der Waals surface area contributed by atoms with E-state index >= 15 is 0 Å². The lowest BCUT2D eigenvalue weighted by Crippen LogP contribution is -2.52. The van der Waals surface area contributed by atoms with E-state index in [4.69, 9.17) is 1.37 Å². The molecular weight excluding hydrogens is 606 g/mol. The summed E-state index contributed by atoms with van der Waals surface area (Å²) in [4.78, 5) is 63.7. The van der Waals surface area contributed by atoms with Crippen LogP contribution in [0.15, 0.2) is 77.8 Å². The highest BCUT2D eigenvalue weighted by Crippen LogP contribution is 2.32. The standard InChI is InChI=1S/C37H39N7O4/c45-34-12-11-33(35(46)39-34)43-23-26-5-6-29(21-31(26)37(43)48)41-15-13-25(14-16-41)22-40-17-19-42(20-18-40)27-7-9-28(10-8-27)44-24-38-32-4-2-1-3-30(32)36(44)47/h1-10,21,24-25,33H,11-20,22-23H2,(H,39,45,46)/i1D. The average Bonchev–Trinajstić information content (AvgIpc) is 3.44. The number of imide groups is 1. The molecule has 3 fully saturated rings. The summed E-state index contributed by atoms with van der Waals surface area (Å²) in [5.74, 6) is -0.156. The molecule has 4 aliphatic heterocycles. The molecule has 1 unspecified atom stereocenters. The Bertz CT molecular complexity index is 2000. The fourth-order valence-corrected chi connectivity index (χ4v) is 7.68. The van der Waals surface area contributed by atoms with Gasteiger partial charge in [0.2, 0.25) is 11.8 Å². The van der Waals surface area contributed by atoms with Crippen LogP contribution < -0.4 is 20.7 Å². The lowest BCUT2D eigenvalue weighted by Gasteiger charge is -2.40. The zero-order valence-electron chi connectivity index (χ0n) is 27.8. The van der Waals surface area contributed by atoms with Gasteiger partial charge in [0.15, 0.2) is 0 Å². The molecule has 3 saturated heterocycles. The monoisotopic (exact) mass is 646 g/mol. The molecular formula is C37H39N7O4. The summed E-state index contributed by atoms with van der Waals surface area (Å²) in [6, 6.07) is 18.8. The van der Waals surface area contributed by atoms with Crippen molar-refractivity contribution in [2.24, 2.45) is 5.92 Å². The number of anilines is 2. The molecule has 11 nitrogen and oxygen atoms in total. The Kier molecular flexibility index (Phi) is 7.61. The van der Waals surface area contributed by atoms with E-state index in [-0.39, 0.29) is 29.7 Å². The zero-order chi connectivity index (χ0) is 33.6. The third-order valence-electron chi connectivity index (χ3n) is 10.5. The molecule has 3 aromatic carbocycles. The molecule has 246 valence electrons. The van der Waals surface area contributed by atoms with Gasteiger partial charge >= 0.3 is 0 Å². The highest BCUT2D eigenvalue weighted by molar-refractivity contribution is 6.05. The number of amides is 3. The van der Waals surface area contributed by atoms with Gasteiger partial charge in [-0.25, -0.2) is 4.98 Å². The second kappa shape index (κ2) is 12.5. The molecule has 8 rings (SSSR count). The molecule has 5 heterocycles. The SMILES string of the molecule is [2H]c1ccc2ncn(-c3ccc(N4CCN(CC5CCN(c6ccc7c(c6)C(=O)N(C6CCC(=O)NC6=O)C7)CC5)CC4)cc3)c(=O)c2c1. The lowest BCUT2D eigenvalue weighted by atomic mass is 9.95. The molecule has 48 heavy (non-hydrogen) atoms. The Labute approximate surface area is 280 Å². The van der Waals surface area contributed by atoms with E-state index in [0.717, 1.165) is 81.3 Å². The first-order chi connectivity index (χ1) is 23.8. The van der Waals surface area contributed by atoms with Crippen molar-refractivity contribution in [1.29, 1.82) is 0 Å². The summed E-state index contributed by atoms with van der Waals surface area (Å²) >= 11 is 0. The number of nitrogens with zero attached hydrogens (tertiary/aromatic N) is 6. The predicted octanol–water partition coefficient (Wildman–Crippen LogP) is 3.19. The normalized spacial score (nSPS) is 21.1. The summed E-state index contributed by atoms with van der Waals surface area (Å²) in [5.41, 5.74) is 4.97. The topological polar surface area (TPSA) is 111 Å². The van der Waals surface area contributed by atoms with Gasteiger partial charge in [-0.05, 0) is 79.3 Å². The molecule has 11 heteroatoms. The smallest absolute Gasteiger partial charge is 0.265 e. The van der Waals surface area contributed by atoms with Gasteiger partial charge < -0.3 is 14.7 Å². The summed E-state index contributed by atoms with van der Waals surface area (Å²) in [7, 11) is 0. The second-order valence-electron chi connectivity index (χ2n) is 13.3. The first-order valence-electron chi connectivity index (χ1n) is 17.4. The van der Waals surface area contributed by atoms with Gasteiger partial charge in [0.1, 0.15) is 12.4 Å². The first kappa shape index (κ1) is 29.1. The number of aromatic nitrogens is 2. The largest absolute Gasteiger partial charge is 0.371 e. The fourth-order valence-electron chi connectivity index (χ4n) is 7.68. The van der Waals surface area contributed by atoms with Crippen molar-refractivity contribution in [3.63, 3.8) is 0 Å². The molecule has 0 radical (unpaired) electrons. The van der Waals surface area contributed by atoms with E-state index in [0.29, 0.717) is 41.4 Å². The maximum atomic E-state index is 13.3. The maximum absolute atomic E-state index is 13.3. The average molecular weight is 647 g/mol. The van der Waals surface area contributed by atoms with Gasteiger partial charge in [0.05, 0.1) is 18.0 Å². The molecule has 0 saturated carbocycles. The van der Waals surface area contributed by atoms with Crippen LogP contribution in [-0.2, 0) is 16.1 Å². The van der Waals surface area contributed by atoms with Crippen LogP contribution in [0.25, 0.3) is 16.6 Å². The number of carbonyl (C=O) groups is 3. The van der Waals surface area contributed by atoms with Crippen molar-refractivity contribution in [3.8, 4) is 5.69 Å². The van der Waals surface area contributed by atoms with E-state index in [1.165, 1.54) is 4.57 Å². The van der Waals surface area contributed by atoms with Crippen LogP contribution in [0, 0.1) is 5.92 Å². The van der Waals surface area contributed by atoms with Crippen LogP contribution in [0.3, 0.4) is 0 Å². The summed E-state index contributed by atoms with van der Waals surface area (Å²) < 4.78 is 9.41. The molecule has 1 N–H and O–H groups in total. The quantitative estimate of drug-likeness (QED) is 0.318. The Morgan fingerprint density at radius 1 is 0.812 bits per heavy atom. The van der Waals surface area contributed by atoms with Crippen LogP contribution in [0.4, 0.5) is 11.4 Å². The van der Waals surface area contributed by atoms with Gasteiger partial charge in [-0.15, -0.1) is 0 Å². The highest BCUT2D eigenvalue weighted by atomic mass is 16.2. The highest BCUT2D eigenvalue weighted by Gasteiger charge is 2.39. The molecule has 1 atom stereocenters. The molecule has 0 bridgehead atoms. The number of hydrogen-bond donors (Lipinski definition) is 1. The number of carbonyl (C=O) groups excluding carboxylic acids is 3. The van der Waals surface area contributed by atoms with Gasteiger partial charge in [0.25, 0.3) is 11.5 Å². The molecule has 0 aliphatic carbocycles. The zero-order valence-corrected chi connectivity index (χ0v) is 26.8.